The third-order valence-corrected chi connectivity index (χ3v) is 3.81. The maximum atomic E-state index is 6.23. The monoisotopic (exact) mass is 256 g/mol. The van der Waals surface area contributed by atoms with Gasteiger partial charge in [0.1, 0.15) is 5.82 Å². The summed E-state index contributed by atoms with van der Waals surface area (Å²) < 4.78 is 2.22. The number of hydrogen-bond acceptors (Lipinski definition) is 3. The van der Waals surface area contributed by atoms with Gasteiger partial charge < -0.3 is 10.3 Å². The summed E-state index contributed by atoms with van der Waals surface area (Å²) in [6, 6.07) is 10.9. The number of fused-ring (bicyclic) bond motifs is 1. The molecule has 2 N–H and O–H groups in total. The molecule has 2 heterocycles. The number of nitrogens with zero attached hydrogens (tertiary/aromatic N) is 3. The molecule has 0 bridgehead atoms. The average Bonchev–Trinajstić information content (AvgIpc) is 2.87. The minimum absolute atomic E-state index is 0.101. The largest absolute Gasteiger partial charge is 0.333 e. The van der Waals surface area contributed by atoms with E-state index in [2.05, 4.69) is 51.8 Å². The molecule has 19 heavy (non-hydrogen) atoms. The van der Waals surface area contributed by atoms with Crippen molar-refractivity contribution in [2.75, 3.05) is 6.54 Å². The Kier molecular flexibility index (Phi) is 3.36. The van der Waals surface area contributed by atoms with Gasteiger partial charge in [-0.3, -0.25) is 4.90 Å². The summed E-state index contributed by atoms with van der Waals surface area (Å²) in [4.78, 5) is 6.86. The molecular formula is C15H20N4. The van der Waals surface area contributed by atoms with E-state index in [-0.39, 0.29) is 12.1 Å². The van der Waals surface area contributed by atoms with Gasteiger partial charge in [0.15, 0.2) is 0 Å². The first kappa shape index (κ1) is 12.4. The van der Waals surface area contributed by atoms with Gasteiger partial charge in [-0.1, -0.05) is 30.3 Å². The van der Waals surface area contributed by atoms with Crippen molar-refractivity contribution in [3.63, 3.8) is 0 Å². The Bertz CT molecular complexity index is 532. The summed E-state index contributed by atoms with van der Waals surface area (Å²) in [6.45, 7) is 4.96. The van der Waals surface area contributed by atoms with Crippen molar-refractivity contribution in [2.24, 2.45) is 5.73 Å². The van der Waals surface area contributed by atoms with Crippen LogP contribution < -0.4 is 5.73 Å². The van der Waals surface area contributed by atoms with E-state index in [4.69, 9.17) is 5.73 Å². The van der Waals surface area contributed by atoms with Crippen LogP contribution in [0.4, 0.5) is 0 Å². The maximum absolute atomic E-state index is 6.23. The highest BCUT2D eigenvalue weighted by Gasteiger charge is 2.27. The van der Waals surface area contributed by atoms with Gasteiger partial charge in [-0.15, -0.1) is 0 Å². The Hall–Kier alpha value is -1.65. The summed E-state index contributed by atoms with van der Waals surface area (Å²) in [6.07, 6.45) is 3.93. The highest BCUT2D eigenvalue weighted by molar-refractivity contribution is 5.21. The average molecular weight is 256 g/mol. The lowest BCUT2D eigenvalue weighted by Crippen LogP contribution is -2.43. The second-order valence-corrected chi connectivity index (χ2v) is 5.22. The Morgan fingerprint density at radius 2 is 2.00 bits per heavy atom. The molecule has 0 radical (unpaired) electrons. The predicted molar refractivity (Wildman–Crippen MR) is 75.5 cm³/mol. The minimum Gasteiger partial charge on any atom is -0.333 e. The van der Waals surface area contributed by atoms with E-state index in [9.17, 15) is 0 Å². The topological polar surface area (TPSA) is 47.1 Å². The van der Waals surface area contributed by atoms with Gasteiger partial charge in [-0.25, -0.2) is 4.98 Å². The third-order valence-electron chi connectivity index (χ3n) is 3.81. The molecule has 1 aliphatic rings. The van der Waals surface area contributed by atoms with Crippen molar-refractivity contribution in [1.29, 1.82) is 0 Å². The molecular weight excluding hydrogens is 236 g/mol. The van der Waals surface area contributed by atoms with Crippen molar-refractivity contribution >= 4 is 0 Å². The third kappa shape index (κ3) is 2.41. The van der Waals surface area contributed by atoms with Crippen molar-refractivity contribution in [3.05, 3.63) is 54.1 Å². The molecule has 3 rings (SSSR count). The molecule has 1 aliphatic heterocycles. The first-order valence-corrected chi connectivity index (χ1v) is 6.80. The lowest BCUT2D eigenvalue weighted by Gasteiger charge is -2.37. The molecule has 2 atom stereocenters. The first-order chi connectivity index (χ1) is 9.25. The van der Waals surface area contributed by atoms with Crippen molar-refractivity contribution in [3.8, 4) is 0 Å². The summed E-state index contributed by atoms with van der Waals surface area (Å²) in [5, 5.41) is 0. The minimum atomic E-state index is 0.101. The molecule has 2 unspecified atom stereocenters. The number of rotatable bonds is 3. The van der Waals surface area contributed by atoms with Crippen LogP contribution in [0.5, 0.6) is 0 Å². The highest BCUT2D eigenvalue weighted by Crippen LogP contribution is 2.26. The van der Waals surface area contributed by atoms with E-state index in [0.29, 0.717) is 0 Å². The van der Waals surface area contributed by atoms with Gasteiger partial charge in [0.2, 0.25) is 0 Å². The van der Waals surface area contributed by atoms with Gasteiger partial charge in [-0.2, -0.15) is 0 Å². The molecule has 0 fully saturated rings. The van der Waals surface area contributed by atoms with Crippen molar-refractivity contribution < 1.29 is 0 Å². The zero-order chi connectivity index (χ0) is 13.2. The second-order valence-electron chi connectivity index (χ2n) is 5.22. The Balaban J connectivity index is 1.87. The van der Waals surface area contributed by atoms with Gasteiger partial charge in [0, 0.05) is 31.5 Å². The smallest absolute Gasteiger partial charge is 0.122 e. The molecule has 1 aromatic carbocycles. The quantitative estimate of drug-likeness (QED) is 0.910. The van der Waals surface area contributed by atoms with Gasteiger partial charge in [0.05, 0.1) is 12.6 Å². The standard InChI is InChI=1S/C15H20N4/c1-12(16)15(13-5-3-2-4-6-13)19-10-9-18-8-7-17-14(18)11-19/h2-8,12,15H,9-11,16H2,1H3. The fourth-order valence-corrected chi connectivity index (χ4v) is 2.93. The SMILES string of the molecule is CC(N)C(c1ccccc1)N1CCn2ccnc2C1. The number of imidazole rings is 1. The summed E-state index contributed by atoms with van der Waals surface area (Å²) in [7, 11) is 0. The highest BCUT2D eigenvalue weighted by atomic mass is 15.3. The predicted octanol–water partition coefficient (Wildman–Crippen LogP) is 1.79. The molecule has 4 nitrogen and oxygen atoms in total. The fraction of sp³-hybridized carbons (Fsp3) is 0.400. The van der Waals surface area contributed by atoms with Crippen LogP contribution >= 0.6 is 0 Å². The Morgan fingerprint density at radius 1 is 1.21 bits per heavy atom. The summed E-state index contributed by atoms with van der Waals surface area (Å²) in [5.74, 6) is 1.13. The lowest BCUT2D eigenvalue weighted by atomic mass is 9.98. The van der Waals surface area contributed by atoms with E-state index in [1.807, 2.05) is 12.3 Å². The van der Waals surface area contributed by atoms with E-state index in [1.165, 1.54) is 5.56 Å². The van der Waals surface area contributed by atoms with E-state index < -0.39 is 0 Å². The molecule has 0 saturated carbocycles. The second kappa shape index (κ2) is 5.15. The maximum Gasteiger partial charge on any atom is 0.122 e. The number of hydrogen-bond donors (Lipinski definition) is 1. The lowest BCUT2D eigenvalue weighted by molar-refractivity contribution is 0.136. The number of aromatic nitrogens is 2. The van der Waals surface area contributed by atoms with Crippen LogP contribution in [-0.4, -0.2) is 27.0 Å². The molecule has 2 aromatic rings. The number of nitrogens with two attached hydrogens (primary N) is 1. The zero-order valence-electron chi connectivity index (χ0n) is 11.2. The summed E-state index contributed by atoms with van der Waals surface area (Å²) in [5.41, 5.74) is 7.52. The van der Waals surface area contributed by atoms with Crippen LogP contribution in [0.15, 0.2) is 42.7 Å². The zero-order valence-corrected chi connectivity index (χ0v) is 11.2. The first-order valence-electron chi connectivity index (χ1n) is 6.80. The van der Waals surface area contributed by atoms with Crippen LogP contribution in [0.1, 0.15) is 24.4 Å². The van der Waals surface area contributed by atoms with Crippen molar-refractivity contribution in [2.45, 2.75) is 32.1 Å². The molecule has 0 saturated heterocycles. The molecule has 0 spiro atoms. The van der Waals surface area contributed by atoms with Crippen molar-refractivity contribution in [1.82, 2.24) is 14.5 Å². The van der Waals surface area contributed by atoms with Gasteiger partial charge >= 0.3 is 0 Å². The van der Waals surface area contributed by atoms with E-state index in [0.717, 1.165) is 25.5 Å². The van der Waals surface area contributed by atoms with Crippen LogP contribution in [0.3, 0.4) is 0 Å². The molecule has 4 heteroatoms. The Morgan fingerprint density at radius 3 is 2.74 bits per heavy atom. The van der Waals surface area contributed by atoms with Crippen LogP contribution in [0, 0.1) is 0 Å². The molecule has 1 aromatic heterocycles. The van der Waals surface area contributed by atoms with E-state index >= 15 is 0 Å². The fourth-order valence-electron chi connectivity index (χ4n) is 2.93. The van der Waals surface area contributed by atoms with Crippen LogP contribution in [0.25, 0.3) is 0 Å². The van der Waals surface area contributed by atoms with E-state index in [1.54, 1.807) is 0 Å². The molecule has 0 aliphatic carbocycles. The molecule has 0 amide bonds. The summed E-state index contributed by atoms with van der Waals surface area (Å²) >= 11 is 0. The molecule has 100 valence electrons. The Labute approximate surface area is 113 Å². The number of benzene rings is 1. The van der Waals surface area contributed by atoms with Gasteiger partial charge in [0.25, 0.3) is 0 Å². The van der Waals surface area contributed by atoms with Crippen LogP contribution in [0.2, 0.25) is 0 Å². The van der Waals surface area contributed by atoms with Crippen LogP contribution in [-0.2, 0) is 13.1 Å². The van der Waals surface area contributed by atoms with Gasteiger partial charge in [-0.05, 0) is 12.5 Å². The normalized spacial score (nSPS) is 18.8.